The molecule has 0 aliphatic rings. The van der Waals surface area contributed by atoms with Crippen molar-refractivity contribution in [3.8, 4) is 0 Å². The Labute approximate surface area is 115 Å². The van der Waals surface area contributed by atoms with Crippen molar-refractivity contribution in [3.05, 3.63) is 32.3 Å². The second kappa shape index (κ2) is 6.22. The summed E-state index contributed by atoms with van der Waals surface area (Å²) in [4.78, 5) is 10.5. The number of hydrogen-bond acceptors (Lipinski definition) is 4. The average Bonchev–Trinajstić information content (AvgIpc) is 2.29. The van der Waals surface area contributed by atoms with Gasteiger partial charge in [-0.25, -0.2) is 0 Å². The molecule has 0 amide bonds. The Morgan fingerprint density at radius 2 is 1.94 bits per heavy atom. The highest BCUT2D eigenvalue weighted by Gasteiger charge is 2.20. The van der Waals surface area contributed by atoms with Crippen molar-refractivity contribution in [1.29, 1.82) is 0 Å². The Morgan fingerprint density at radius 3 is 2.39 bits per heavy atom. The van der Waals surface area contributed by atoms with Crippen molar-refractivity contribution in [1.82, 2.24) is 0 Å². The molecule has 0 radical (unpaired) electrons. The van der Waals surface area contributed by atoms with Gasteiger partial charge < -0.3 is 11.1 Å². The number of benzene rings is 1. The first-order valence-corrected chi connectivity index (χ1v) is 6.22. The number of nitrogens with two attached hydrogens (primary N) is 1. The number of nitrogens with one attached hydrogen (secondary N) is 1. The van der Waals surface area contributed by atoms with Gasteiger partial charge in [-0.15, -0.1) is 0 Å². The summed E-state index contributed by atoms with van der Waals surface area (Å²) in [6, 6.07) is 2.62. The summed E-state index contributed by atoms with van der Waals surface area (Å²) >= 11 is 11.6. The van der Waals surface area contributed by atoms with Crippen LogP contribution >= 0.6 is 23.2 Å². The Kier molecular flexibility index (Phi) is 5.19. The van der Waals surface area contributed by atoms with Crippen molar-refractivity contribution in [2.24, 2.45) is 11.7 Å². The molecule has 1 rings (SSSR count). The predicted molar refractivity (Wildman–Crippen MR) is 74.4 cm³/mol. The highest BCUT2D eigenvalue weighted by atomic mass is 35.5. The zero-order valence-corrected chi connectivity index (χ0v) is 11.6. The summed E-state index contributed by atoms with van der Waals surface area (Å²) in [6.45, 7) is 4.33. The van der Waals surface area contributed by atoms with Crippen LogP contribution in [0.3, 0.4) is 0 Å². The molecule has 5 nitrogen and oxygen atoms in total. The van der Waals surface area contributed by atoms with Gasteiger partial charge in [0, 0.05) is 18.7 Å². The van der Waals surface area contributed by atoms with Crippen LogP contribution in [-0.2, 0) is 0 Å². The van der Waals surface area contributed by atoms with Crippen LogP contribution in [0, 0.1) is 16.0 Å². The molecule has 0 bridgehead atoms. The fraction of sp³-hybridized carbons (Fsp3) is 0.455. The lowest BCUT2D eigenvalue weighted by atomic mass is 10.0. The van der Waals surface area contributed by atoms with Gasteiger partial charge in [0.25, 0.3) is 5.69 Å². The molecule has 100 valence electrons. The van der Waals surface area contributed by atoms with E-state index in [1.807, 2.05) is 13.8 Å². The minimum atomic E-state index is -0.502. The summed E-state index contributed by atoms with van der Waals surface area (Å²) in [5, 5.41) is 14.4. The molecule has 3 N–H and O–H groups in total. The second-order valence-electron chi connectivity index (χ2n) is 4.27. The highest BCUT2D eigenvalue weighted by Crippen LogP contribution is 2.34. The first-order chi connectivity index (χ1) is 8.36. The number of nitrogens with zero attached hydrogens (tertiary/aromatic N) is 1. The van der Waals surface area contributed by atoms with E-state index in [-0.39, 0.29) is 27.7 Å². The van der Waals surface area contributed by atoms with Crippen molar-refractivity contribution in [2.75, 3.05) is 11.9 Å². The van der Waals surface area contributed by atoms with Crippen molar-refractivity contribution in [3.63, 3.8) is 0 Å². The largest absolute Gasteiger partial charge is 0.375 e. The SMILES string of the molecule is CC(C)C(CN)Nc1cc(Cl)c(Cl)cc1[N+](=O)[O-]. The quantitative estimate of drug-likeness (QED) is 0.644. The fourth-order valence-electron chi connectivity index (χ4n) is 1.50. The summed E-state index contributed by atoms with van der Waals surface area (Å²) in [6.07, 6.45) is 0. The maximum absolute atomic E-state index is 11.0. The lowest BCUT2D eigenvalue weighted by molar-refractivity contribution is -0.384. The number of nitro benzene ring substituents is 1. The molecule has 1 aromatic carbocycles. The van der Waals surface area contributed by atoms with Gasteiger partial charge >= 0.3 is 0 Å². The van der Waals surface area contributed by atoms with E-state index >= 15 is 0 Å². The normalized spacial score (nSPS) is 12.6. The first-order valence-electron chi connectivity index (χ1n) is 5.46. The molecule has 0 aliphatic carbocycles. The zero-order chi connectivity index (χ0) is 13.9. The Morgan fingerprint density at radius 1 is 1.39 bits per heavy atom. The van der Waals surface area contributed by atoms with Crippen LogP contribution in [0.5, 0.6) is 0 Å². The highest BCUT2D eigenvalue weighted by molar-refractivity contribution is 6.42. The van der Waals surface area contributed by atoms with Gasteiger partial charge in [0.05, 0.1) is 15.0 Å². The molecule has 18 heavy (non-hydrogen) atoms. The third-order valence-corrected chi connectivity index (χ3v) is 3.36. The van der Waals surface area contributed by atoms with Gasteiger partial charge in [-0.2, -0.15) is 0 Å². The minimum Gasteiger partial charge on any atom is -0.375 e. The van der Waals surface area contributed by atoms with Crippen molar-refractivity contribution < 1.29 is 4.92 Å². The fourth-order valence-corrected chi connectivity index (χ4v) is 1.82. The van der Waals surface area contributed by atoms with E-state index in [1.54, 1.807) is 0 Å². The molecular weight excluding hydrogens is 277 g/mol. The Balaban J connectivity index is 3.14. The number of anilines is 1. The number of halogens is 2. The third kappa shape index (κ3) is 3.48. The van der Waals surface area contributed by atoms with Crippen LogP contribution in [0.4, 0.5) is 11.4 Å². The smallest absolute Gasteiger partial charge is 0.293 e. The van der Waals surface area contributed by atoms with Gasteiger partial charge in [-0.05, 0) is 12.0 Å². The molecule has 1 aromatic rings. The lowest BCUT2D eigenvalue weighted by Gasteiger charge is -2.21. The van der Waals surface area contributed by atoms with Gasteiger partial charge in [0.15, 0.2) is 0 Å². The van der Waals surface area contributed by atoms with Crippen LogP contribution in [0.1, 0.15) is 13.8 Å². The Bertz CT molecular complexity index is 452. The van der Waals surface area contributed by atoms with E-state index in [4.69, 9.17) is 28.9 Å². The van der Waals surface area contributed by atoms with E-state index in [0.29, 0.717) is 12.2 Å². The zero-order valence-electron chi connectivity index (χ0n) is 10.1. The molecule has 7 heteroatoms. The maximum atomic E-state index is 11.0. The van der Waals surface area contributed by atoms with Gasteiger partial charge in [-0.3, -0.25) is 10.1 Å². The van der Waals surface area contributed by atoms with Gasteiger partial charge in [-0.1, -0.05) is 37.0 Å². The lowest BCUT2D eigenvalue weighted by Crippen LogP contribution is -2.33. The molecule has 0 spiro atoms. The van der Waals surface area contributed by atoms with E-state index in [9.17, 15) is 10.1 Å². The third-order valence-electron chi connectivity index (χ3n) is 2.63. The number of rotatable bonds is 5. The monoisotopic (exact) mass is 291 g/mol. The first kappa shape index (κ1) is 15.0. The Hall–Kier alpha value is -1.04. The summed E-state index contributed by atoms with van der Waals surface area (Å²) < 4.78 is 0. The minimum absolute atomic E-state index is 0.0686. The second-order valence-corrected chi connectivity index (χ2v) is 5.09. The molecule has 0 saturated carbocycles. The molecule has 0 aliphatic heterocycles. The van der Waals surface area contributed by atoms with E-state index in [0.717, 1.165) is 0 Å². The molecule has 0 fully saturated rings. The van der Waals surface area contributed by atoms with Crippen LogP contribution in [0.2, 0.25) is 10.0 Å². The van der Waals surface area contributed by atoms with Crippen molar-refractivity contribution >= 4 is 34.6 Å². The molecule has 1 atom stereocenters. The standard InChI is InChI=1S/C11H15Cl2N3O2/c1-6(2)10(5-14)15-9-3-7(12)8(13)4-11(9)16(17)18/h3-4,6,10,15H,5,14H2,1-2H3. The van der Waals surface area contributed by atoms with Crippen LogP contribution < -0.4 is 11.1 Å². The molecular formula is C11H15Cl2N3O2. The number of nitro groups is 1. The van der Waals surface area contributed by atoms with Crippen LogP contribution in [0.15, 0.2) is 12.1 Å². The summed E-state index contributed by atoms with van der Waals surface area (Å²) in [5.74, 6) is 0.240. The van der Waals surface area contributed by atoms with Crippen molar-refractivity contribution in [2.45, 2.75) is 19.9 Å². The van der Waals surface area contributed by atoms with E-state index < -0.39 is 4.92 Å². The average molecular weight is 292 g/mol. The molecule has 1 unspecified atom stereocenters. The molecule has 0 aromatic heterocycles. The predicted octanol–water partition coefficient (Wildman–Crippen LogP) is 3.30. The van der Waals surface area contributed by atoms with Crippen LogP contribution in [0.25, 0.3) is 0 Å². The molecule has 0 saturated heterocycles. The molecule has 0 heterocycles. The number of hydrogen-bond donors (Lipinski definition) is 2. The summed E-state index contributed by atoms with van der Waals surface area (Å²) in [7, 11) is 0. The van der Waals surface area contributed by atoms with E-state index in [1.165, 1.54) is 12.1 Å². The van der Waals surface area contributed by atoms with Gasteiger partial charge in [0.1, 0.15) is 5.69 Å². The van der Waals surface area contributed by atoms with Gasteiger partial charge in [0.2, 0.25) is 0 Å². The van der Waals surface area contributed by atoms with Crippen LogP contribution in [-0.4, -0.2) is 17.5 Å². The summed E-state index contributed by atoms with van der Waals surface area (Å²) in [5.41, 5.74) is 5.85. The topological polar surface area (TPSA) is 81.2 Å². The maximum Gasteiger partial charge on any atom is 0.293 e. The van der Waals surface area contributed by atoms with E-state index in [2.05, 4.69) is 5.32 Å².